The molecule has 4 aromatic rings. The summed E-state index contributed by atoms with van der Waals surface area (Å²) in [7, 11) is 0. The SMILES string of the molecule is Cc1nccc(C2(O)CCN(c3cc(-c4nc5ccccc5[nH]4)c(Cl)cn3)C2)n1. The van der Waals surface area contributed by atoms with Crippen LogP contribution in [0.4, 0.5) is 5.82 Å². The van der Waals surface area contributed by atoms with Gasteiger partial charge in [0.05, 0.1) is 28.3 Å². The number of hydrogen-bond acceptors (Lipinski definition) is 6. The number of anilines is 1. The molecule has 1 fully saturated rings. The van der Waals surface area contributed by atoms with Crippen LogP contribution in [0.3, 0.4) is 0 Å². The Morgan fingerprint density at radius 3 is 2.86 bits per heavy atom. The number of aromatic amines is 1. The van der Waals surface area contributed by atoms with Gasteiger partial charge < -0.3 is 15.0 Å². The van der Waals surface area contributed by atoms with Crippen molar-refractivity contribution in [3.63, 3.8) is 0 Å². The molecule has 5 rings (SSSR count). The smallest absolute Gasteiger partial charge is 0.140 e. The maximum absolute atomic E-state index is 11.2. The summed E-state index contributed by atoms with van der Waals surface area (Å²) in [4.78, 5) is 23.0. The second kappa shape index (κ2) is 6.79. The highest BCUT2D eigenvalue weighted by Gasteiger charge is 2.39. The number of pyridine rings is 1. The van der Waals surface area contributed by atoms with Crippen molar-refractivity contribution in [1.29, 1.82) is 0 Å². The van der Waals surface area contributed by atoms with E-state index in [0.717, 1.165) is 22.4 Å². The van der Waals surface area contributed by atoms with Gasteiger partial charge in [-0.3, -0.25) is 0 Å². The van der Waals surface area contributed by atoms with Crippen molar-refractivity contribution in [2.24, 2.45) is 0 Å². The summed E-state index contributed by atoms with van der Waals surface area (Å²) in [5, 5.41) is 11.7. The molecule has 0 bridgehead atoms. The van der Waals surface area contributed by atoms with Gasteiger partial charge in [-0.05, 0) is 31.2 Å². The topological polar surface area (TPSA) is 90.8 Å². The van der Waals surface area contributed by atoms with Gasteiger partial charge in [0.25, 0.3) is 0 Å². The number of halogens is 1. The summed E-state index contributed by atoms with van der Waals surface area (Å²) in [5.74, 6) is 2.08. The Labute approximate surface area is 172 Å². The van der Waals surface area contributed by atoms with Gasteiger partial charge >= 0.3 is 0 Å². The fraction of sp³-hybridized carbons (Fsp3) is 0.238. The number of aryl methyl sites for hydroxylation is 1. The highest BCUT2D eigenvalue weighted by atomic mass is 35.5. The van der Waals surface area contributed by atoms with E-state index in [0.29, 0.717) is 41.9 Å². The molecule has 1 unspecified atom stereocenters. The van der Waals surface area contributed by atoms with Crippen LogP contribution in [0.2, 0.25) is 5.02 Å². The first kappa shape index (κ1) is 18.0. The second-order valence-electron chi connectivity index (χ2n) is 7.32. The summed E-state index contributed by atoms with van der Waals surface area (Å²) >= 11 is 6.43. The molecule has 146 valence electrons. The van der Waals surface area contributed by atoms with Crippen molar-refractivity contribution >= 4 is 28.5 Å². The van der Waals surface area contributed by atoms with E-state index in [1.54, 1.807) is 18.5 Å². The van der Waals surface area contributed by atoms with Crippen LogP contribution in [0.25, 0.3) is 22.4 Å². The fourth-order valence-electron chi connectivity index (χ4n) is 3.78. The third-order valence-electron chi connectivity index (χ3n) is 5.31. The number of fused-ring (bicyclic) bond motifs is 1. The maximum Gasteiger partial charge on any atom is 0.140 e. The molecule has 7 nitrogen and oxygen atoms in total. The monoisotopic (exact) mass is 406 g/mol. The summed E-state index contributed by atoms with van der Waals surface area (Å²) < 4.78 is 0. The van der Waals surface area contributed by atoms with Crippen molar-refractivity contribution in [2.75, 3.05) is 18.0 Å². The molecule has 1 aliphatic rings. The lowest BCUT2D eigenvalue weighted by molar-refractivity contribution is 0.0557. The highest BCUT2D eigenvalue weighted by molar-refractivity contribution is 6.33. The normalized spacial score (nSPS) is 19.2. The number of hydrogen-bond donors (Lipinski definition) is 2. The number of para-hydroxylation sites is 2. The minimum absolute atomic E-state index is 0.400. The molecule has 0 aliphatic carbocycles. The number of nitrogens with zero attached hydrogens (tertiary/aromatic N) is 5. The first-order valence-electron chi connectivity index (χ1n) is 9.40. The van der Waals surface area contributed by atoms with E-state index in [1.807, 2.05) is 42.2 Å². The van der Waals surface area contributed by atoms with Crippen LogP contribution >= 0.6 is 11.6 Å². The largest absolute Gasteiger partial charge is 0.382 e. The molecule has 8 heteroatoms. The fourth-order valence-corrected chi connectivity index (χ4v) is 3.97. The zero-order chi connectivity index (χ0) is 20.0. The number of rotatable bonds is 3. The summed E-state index contributed by atoms with van der Waals surface area (Å²) in [5.41, 5.74) is 2.22. The Hall–Kier alpha value is -3.03. The number of H-pyrrole nitrogens is 1. The Morgan fingerprint density at radius 2 is 2.03 bits per heavy atom. The molecule has 1 atom stereocenters. The lowest BCUT2D eigenvalue weighted by Gasteiger charge is -2.23. The van der Waals surface area contributed by atoms with E-state index < -0.39 is 5.60 Å². The van der Waals surface area contributed by atoms with Crippen molar-refractivity contribution in [1.82, 2.24) is 24.9 Å². The first-order chi connectivity index (χ1) is 14.0. The number of β-amino-alcohol motifs (C(OH)–C–C–N with tert-alkyl or cyclic N) is 1. The molecule has 4 heterocycles. The third-order valence-corrected chi connectivity index (χ3v) is 5.61. The van der Waals surface area contributed by atoms with E-state index in [9.17, 15) is 5.11 Å². The van der Waals surface area contributed by atoms with Crippen molar-refractivity contribution in [3.8, 4) is 11.4 Å². The molecule has 1 saturated heterocycles. The minimum Gasteiger partial charge on any atom is -0.382 e. The van der Waals surface area contributed by atoms with E-state index in [2.05, 4.69) is 24.9 Å². The van der Waals surface area contributed by atoms with Crippen molar-refractivity contribution in [2.45, 2.75) is 18.9 Å². The van der Waals surface area contributed by atoms with Gasteiger partial charge in [-0.2, -0.15) is 0 Å². The Kier molecular flexibility index (Phi) is 4.22. The zero-order valence-corrected chi connectivity index (χ0v) is 16.6. The zero-order valence-electron chi connectivity index (χ0n) is 15.8. The third kappa shape index (κ3) is 3.22. The van der Waals surface area contributed by atoms with Crippen LogP contribution in [-0.2, 0) is 5.60 Å². The number of nitrogens with one attached hydrogen (secondary N) is 1. The minimum atomic E-state index is -1.03. The van der Waals surface area contributed by atoms with Gasteiger partial charge in [0.1, 0.15) is 23.1 Å². The lowest BCUT2D eigenvalue weighted by atomic mass is 9.99. The van der Waals surface area contributed by atoms with Crippen LogP contribution in [0.1, 0.15) is 17.9 Å². The number of aliphatic hydroxyl groups is 1. The van der Waals surface area contributed by atoms with E-state index in [1.165, 1.54) is 0 Å². The average Bonchev–Trinajstić information content (AvgIpc) is 3.33. The van der Waals surface area contributed by atoms with Crippen LogP contribution in [0.15, 0.2) is 48.8 Å². The standard InChI is InChI=1S/C21H19ClN6O/c1-13-23-8-6-18(25-13)21(29)7-9-28(12-21)19-10-14(15(22)11-24-19)20-26-16-4-2-3-5-17(16)27-20/h2-6,8,10-11,29H,7,9,12H2,1H3,(H,26,27). The summed E-state index contributed by atoms with van der Waals surface area (Å²) in [6.07, 6.45) is 3.87. The first-order valence-corrected chi connectivity index (χ1v) is 9.78. The molecule has 0 amide bonds. The average molecular weight is 407 g/mol. The lowest BCUT2D eigenvalue weighted by Crippen LogP contribution is -2.32. The Balaban J connectivity index is 1.47. The van der Waals surface area contributed by atoms with E-state index in [-0.39, 0.29) is 0 Å². The molecular formula is C21H19ClN6O. The van der Waals surface area contributed by atoms with Crippen LogP contribution in [0.5, 0.6) is 0 Å². The van der Waals surface area contributed by atoms with Gasteiger partial charge in [-0.25, -0.2) is 19.9 Å². The molecule has 1 aromatic carbocycles. The molecule has 29 heavy (non-hydrogen) atoms. The second-order valence-corrected chi connectivity index (χ2v) is 7.72. The molecule has 2 N–H and O–H groups in total. The number of aromatic nitrogens is 5. The summed E-state index contributed by atoms with van der Waals surface area (Å²) in [6, 6.07) is 11.5. The van der Waals surface area contributed by atoms with Crippen LogP contribution in [0, 0.1) is 6.92 Å². The summed E-state index contributed by atoms with van der Waals surface area (Å²) in [6.45, 7) is 2.88. The predicted molar refractivity (Wildman–Crippen MR) is 112 cm³/mol. The van der Waals surface area contributed by atoms with Crippen molar-refractivity contribution in [3.05, 3.63) is 65.3 Å². The maximum atomic E-state index is 11.2. The molecule has 0 radical (unpaired) electrons. The molecule has 0 saturated carbocycles. The van der Waals surface area contributed by atoms with Gasteiger partial charge in [0, 0.05) is 30.9 Å². The quantitative estimate of drug-likeness (QED) is 0.541. The van der Waals surface area contributed by atoms with Gasteiger partial charge in [0.15, 0.2) is 0 Å². The molecule has 1 aliphatic heterocycles. The molecular weight excluding hydrogens is 388 g/mol. The van der Waals surface area contributed by atoms with E-state index in [4.69, 9.17) is 11.6 Å². The van der Waals surface area contributed by atoms with Gasteiger partial charge in [-0.15, -0.1) is 0 Å². The Bertz CT molecular complexity index is 1180. The highest BCUT2D eigenvalue weighted by Crippen LogP contribution is 2.35. The number of benzene rings is 1. The van der Waals surface area contributed by atoms with Crippen molar-refractivity contribution < 1.29 is 5.11 Å². The predicted octanol–water partition coefficient (Wildman–Crippen LogP) is 3.47. The van der Waals surface area contributed by atoms with Gasteiger partial charge in [0.2, 0.25) is 0 Å². The van der Waals surface area contributed by atoms with Crippen LogP contribution in [-0.4, -0.2) is 43.1 Å². The molecule has 3 aromatic heterocycles. The Morgan fingerprint density at radius 1 is 1.17 bits per heavy atom. The van der Waals surface area contributed by atoms with E-state index >= 15 is 0 Å². The molecule has 0 spiro atoms. The van der Waals surface area contributed by atoms with Gasteiger partial charge in [-0.1, -0.05) is 23.7 Å². The number of imidazole rings is 1. The van der Waals surface area contributed by atoms with Crippen LogP contribution < -0.4 is 4.90 Å².